The summed E-state index contributed by atoms with van der Waals surface area (Å²) in [7, 11) is 0. The van der Waals surface area contributed by atoms with Gasteiger partial charge in [0, 0.05) is 12.5 Å². The predicted molar refractivity (Wildman–Crippen MR) is 71.5 cm³/mol. The Balaban J connectivity index is 1.76. The highest BCUT2D eigenvalue weighted by Crippen LogP contribution is 2.43. The Morgan fingerprint density at radius 3 is 2.85 bits per heavy atom. The van der Waals surface area contributed by atoms with Gasteiger partial charge in [-0.2, -0.15) is 5.10 Å². The zero-order chi connectivity index (χ0) is 14.3. The van der Waals surface area contributed by atoms with Crippen molar-refractivity contribution in [3.63, 3.8) is 0 Å². The minimum Gasteiger partial charge on any atom is -0.479 e. The van der Waals surface area contributed by atoms with Gasteiger partial charge in [-0.3, -0.25) is 9.89 Å². The number of morpholine rings is 1. The zero-order valence-electron chi connectivity index (χ0n) is 10.6. The minimum absolute atomic E-state index is 0.0478. The number of ether oxygens (including phenoxy) is 1. The van der Waals surface area contributed by atoms with Crippen LogP contribution in [0.15, 0.2) is 4.47 Å². The Morgan fingerprint density at radius 2 is 2.20 bits per heavy atom. The van der Waals surface area contributed by atoms with Gasteiger partial charge >= 0.3 is 5.97 Å². The Hall–Kier alpha value is -1.41. The van der Waals surface area contributed by atoms with Crippen molar-refractivity contribution in [2.24, 2.45) is 0 Å². The van der Waals surface area contributed by atoms with E-state index in [1.165, 1.54) is 4.90 Å². The molecule has 2 N–H and O–H groups in total. The van der Waals surface area contributed by atoms with Crippen molar-refractivity contribution in [2.75, 3.05) is 19.7 Å². The lowest BCUT2D eigenvalue weighted by atomic mass is 10.2. The number of aliphatic carboxylic acids is 1. The molecule has 1 atom stereocenters. The molecule has 2 fully saturated rings. The average molecular weight is 344 g/mol. The first-order valence-corrected chi connectivity index (χ1v) is 7.24. The number of carbonyl (C=O) groups excluding carboxylic acids is 1. The van der Waals surface area contributed by atoms with Gasteiger partial charge in [0.15, 0.2) is 11.8 Å². The van der Waals surface area contributed by atoms with Crippen LogP contribution in [0.1, 0.15) is 34.9 Å². The minimum atomic E-state index is -1.05. The molecule has 1 saturated heterocycles. The van der Waals surface area contributed by atoms with Gasteiger partial charge in [-0.15, -0.1) is 0 Å². The monoisotopic (exact) mass is 343 g/mol. The molecule has 1 aliphatic heterocycles. The van der Waals surface area contributed by atoms with Crippen molar-refractivity contribution >= 4 is 27.8 Å². The SMILES string of the molecule is O=C(O)C1CN(C(=O)c2n[nH]c(C3CC3)c2Br)CCO1. The molecule has 3 rings (SSSR count). The van der Waals surface area contributed by atoms with Crippen molar-refractivity contribution in [1.82, 2.24) is 15.1 Å². The molecule has 2 heterocycles. The lowest BCUT2D eigenvalue weighted by molar-refractivity contribution is -0.154. The fourth-order valence-corrected chi connectivity index (χ4v) is 2.93. The number of hydrogen-bond acceptors (Lipinski definition) is 4. The maximum atomic E-state index is 12.4. The molecule has 8 heteroatoms. The number of H-pyrrole nitrogens is 1. The van der Waals surface area contributed by atoms with E-state index >= 15 is 0 Å². The molecule has 0 radical (unpaired) electrons. The first kappa shape index (κ1) is 13.6. The first-order chi connectivity index (χ1) is 9.58. The number of carboxylic acid groups (broad SMARTS) is 1. The van der Waals surface area contributed by atoms with Crippen LogP contribution >= 0.6 is 15.9 Å². The summed E-state index contributed by atoms with van der Waals surface area (Å²) < 4.78 is 5.80. The summed E-state index contributed by atoms with van der Waals surface area (Å²) in [5.74, 6) is -0.869. The van der Waals surface area contributed by atoms with Gasteiger partial charge in [-0.1, -0.05) is 0 Å². The third kappa shape index (κ3) is 2.45. The molecular weight excluding hydrogens is 330 g/mol. The summed E-state index contributed by atoms with van der Waals surface area (Å²) in [5, 5.41) is 15.9. The summed E-state index contributed by atoms with van der Waals surface area (Å²) in [6, 6.07) is 0. The topological polar surface area (TPSA) is 95.5 Å². The summed E-state index contributed by atoms with van der Waals surface area (Å²) in [4.78, 5) is 24.8. The van der Waals surface area contributed by atoms with Gasteiger partial charge < -0.3 is 14.7 Å². The standard InChI is InChI=1S/C12H14BrN3O4/c13-8-9(6-1-2-6)14-15-10(8)11(17)16-3-4-20-7(5-16)12(18)19/h6-7H,1-5H2,(H,14,15)(H,18,19). The maximum absolute atomic E-state index is 12.4. The van der Waals surface area contributed by atoms with Crippen LogP contribution in [0.4, 0.5) is 0 Å². The van der Waals surface area contributed by atoms with E-state index in [4.69, 9.17) is 9.84 Å². The number of nitrogens with zero attached hydrogens (tertiary/aromatic N) is 2. The number of aromatic amines is 1. The number of carboxylic acids is 1. The summed E-state index contributed by atoms with van der Waals surface area (Å²) in [6.45, 7) is 0.646. The van der Waals surface area contributed by atoms with E-state index in [0.29, 0.717) is 22.6 Å². The van der Waals surface area contributed by atoms with Crippen molar-refractivity contribution in [3.05, 3.63) is 15.9 Å². The van der Waals surface area contributed by atoms with Gasteiger partial charge in [-0.25, -0.2) is 4.79 Å². The number of aromatic nitrogens is 2. The second kappa shape index (κ2) is 5.17. The van der Waals surface area contributed by atoms with E-state index in [2.05, 4.69) is 26.1 Å². The van der Waals surface area contributed by atoms with E-state index < -0.39 is 12.1 Å². The van der Waals surface area contributed by atoms with E-state index in [1.807, 2.05) is 0 Å². The van der Waals surface area contributed by atoms with E-state index in [9.17, 15) is 9.59 Å². The molecule has 2 aliphatic rings. The first-order valence-electron chi connectivity index (χ1n) is 6.45. The molecule has 1 unspecified atom stereocenters. The fourth-order valence-electron chi connectivity index (χ4n) is 2.26. The number of carbonyl (C=O) groups is 2. The number of amides is 1. The predicted octanol–water partition coefficient (Wildman–Crippen LogP) is 0.975. The molecule has 1 saturated carbocycles. The molecule has 108 valence electrons. The Labute approximate surface area is 123 Å². The largest absolute Gasteiger partial charge is 0.479 e. The molecule has 0 bridgehead atoms. The van der Waals surface area contributed by atoms with Gasteiger partial charge in [0.1, 0.15) is 0 Å². The van der Waals surface area contributed by atoms with Gasteiger partial charge in [0.05, 0.1) is 23.3 Å². The highest BCUT2D eigenvalue weighted by Gasteiger charge is 2.34. The average Bonchev–Trinajstić information content (AvgIpc) is 3.21. The Kier molecular flexibility index (Phi) is 3.51. The number of rotatable bonds is 3. The van der Waals surface area contributed by atoms with Gasteiger partial charge in [-0.05, 0) is 28.8 Å². The molecule has 0 aromatic carbocycles. The lowest BCUT2D eigenvalue weighted by Gasteiger charge is -2.30. The maximum Gasteiger partial charge on any atom is 0.334 e. The molecule has 20 heavy (non-hydrogen) atoms. The van der Waals surface area contributed by atoms with Gasteiger partial charge in [0.2, 0.25) is 0 Å². The van der Waals surface area contributed by atoms with Crippen LogP contribution in [0, 0.1) is 0 Å². The second-order valence-corrected chi connectivity index (χ2v) is 5.82. The van der Waals surface area contributed by atoms with E-state index in [1.54, 1.807) is 0 Å². The van der Waals surface area contributed by atoms with Crippen molar-refractivity contribution < 1.29 is 19.4 Å². The summed E-state index contributed by atoms with van der Waals surface area (Å²) >= 11 is 3.41. The zero-order valence-corrected chi connectivity index (χ0v) is 12.2. The smallest absolute Gasteiger partial charge is 0.334 e. The molecule has 1 aromatic heterocycles. The molecule has 1 amide bonds. The number of halogens is 1. The normalized spacial score (nSPS) is 22.9. The second-order valence-electron chi connectivity index (χ2n) is 5.02. The van der Waals surface area contributed by atoms with Crippen LogP contribution in [0.5, 0.6) is 0 Å². The third-order valence-electron chi connectivity index (χ3n) is 3.55. The highest BCUT2D eigenvalue weighted by molar-refractivity contribution is 9.10. The van der Waals surface area contributed by atoms with E-state index in [0.717, 1.165) is 18.5 Å². The quantitative estimate of drug-likeness (QED) is 0.852. The fraction of sp³-hybridized carbons (Fsp3) is 0.583. The molecule has 1 aromatic rings. The Bertz CT molecular complexity index is 555. The van der Waals surface area contributed by atoms with Crippen LogP contribution in [0.25, 0.3) is 0 Å². The lowest BCUT2D eigenvalue weighted by Crippen LogP contribution is -2.48. The summed E-state index contributed by atoms with van der Waals surface area (Å²) in [5.41, 5.74) is 1.27. The van der Waals surface area contributed by atoms with Crippen molar-refractivity contribution in [2.45, 2.75) is 24.9 Å². The van der Waals surface area contributed by atoms with Crippen molar-refractivity contribution in [3.8, 4) is 0 Å². The van der Waals surface area contributed by atoms with Crippen LogP contribution in [-0.2, 0) is 9.53 Å². The molecule has 7 nitrogen and oxygen atoms in total. The van der Waals surface area contributed by atoms with Gasteiger partial charge in [0.25, 0.3) is 5.91 Å². The Morgan fingerprint density at radius 1 is 1.45 bits per heavy atom. The van der Waals surface area contributed by atoms with Crippen LogP contribution in [0.2, 0.25) is 0 Å². The number of nitrogens with one attached hydrogen (secondary N) is 1. The molecule has 0 spiro atoms. The molecular formula is C12H14BrN3O4. The highest BCUT2D eigenvalue weighted by atomic mass is 79.9. The third-order valence-corrected chi connectivity index (χ3v) is 4.35. The van der Waals surface area contributed by atoms with Crippen LogP contribution in [0.3, 0.4) is 0 Å². The van der Waals surface area contributed by atoms with E-state index in [-0.39, 0.29) is 19.1 Å². The van der Waals surface area contributed by atoms with Crippen LogP contribution in [-0.4, -0.2) is 57.9 Å². The number of hydrogen-bond donors (Lipinski definition) is 2. The van der Waals surface area contributed by atoms with Crippen LogP contribution < -0.4 is 0 Å². The molecule has 1 aliphatic carbocycles. The summed E-state index contributed by atoms with van der Waals surface area (Å²) in [6.07, 6.45) is 1.24. The van der Waals surface area contributed by atoms with Crippen molar-refractivity contribution in [1.29, 1.82) is 0 Å².